The van der Waals surface area contributed by atoms with Crippen molar-refractivity contribution in [2.45, 2.75) is 63.8 Å². The number of rotatable bonds is 7. The lowest BCUT2D eigenvalue weighted by Gasteiger charge is -2.38. The summed E-state index contributed by atoms with van der Waals surface area (Å²) in [5.41, 5.74) is -0.202. The molecule has 4 atom stereocenters. The second-order valence-electron chi connectivity index (χ2n) is 5.91. The summed E-state index contributed by atoms with van der Waals surface area (Å²) >= 11 is 0. The molecule has 0 aromatic heterocycles. The molecule has 110 valence electrons. The lowest BCUT2D eigenvalue weighted by Crippen LogP contribution is -2.52. The number of hydrogen-bond donors (Lipinski definition) is 0. The van der Waals surface area contributed by atoms with E-state index in [4.69, 9.17) is 14.2 Å². The summed E-state index contributed by atoms with van der Waals surface area (Å²) in [7, 11) is 1.78. The summed E-state index contributed by atoms with van der Waals surface area (Å²) in [6, 6.07) is 0. The molecule has 0 bridgehead atoms. The topological polar surface area (TPSA) is 31.0 Å². The Bertz CT molecular complexity index is 296. The van der Waals surface area contributed by atoms with Crippen LogP contribution >= 0.6 is 0 Å². The minimum atomic E-state index is -0.202. The van der Waals surface area contributed by atoms with Crippen LogP contribution in [0.2, 0.25) is 0 Å². The normalized spacial score (nSPS) is 38.2. The van der Waals surface area contributed by atoms with E-state index in [1.54, 1.807) is 7.11 Å². The zero-order valence-corrected chi connectivity index (χ0v) is 12.6. The van der Waals surface area contributed by atoms with E-state index in [1.165, 1.54) is 25.7 Å². The Morgan fingerprint density at radius 3 is 2.74 bits per heavy atom. The highest BCUT2D eigenvalue weighted by Crippen LogP contribution is 2.44. The molecule has 19 heavy (non-hydrogen) atoms. The van der Waals surface area contributed by atoms with Crippen molar-refractivity contribution in [3.63, 3.8) is 0 Å². The molecule has 2 heterocycles. The van der Waals surface area contributed by atoms with Gasteiger partial charge in [-0.2, -0.15) is 0 Å². The Hall–Kier alpha value is -0.380. The van der Waals surface area contributed by atoms with Crippen LogP contribution in [0.25, 0.3) is 0 Å². The van der Waals surface area contributed by atoms with Gasteiger partial charge in [0.05, 0.1) is 19.3 Å². The molecule has 0 aromatic carbocycles. The third-order valence-electron chi connectivity index (χ3n) is 4.29. The summed E-state index contributed by atoms with van der Waals surface area (Å²) in [5, 5.41) is 0. The van der Waals surface area contributed by atoms with E-state index in [-0.39, 0.29) is 17.8 Å². The van der Waals surface area contributed by atoms with E-state index in [0.29, 0.717) is 5.92 Å². The standard InChI is InChI=1S/C16H28O3/c1-4-5-6-7-8-9-10-14-16(12-19-16)15(17-3)13(2)11-18-14/h9-10,13-15H,4-8,11-12H2,1-3H3/b10-9+/t13-,14-,15-,16+/m0/s1. The van der Waals surface area contributed by atoms with E-state index < -0.39 is 0 Å². The van der Waals surface area contributed by atoms with E-state index in [9.17, 15) is 0 Å². The molecule has 2 aliphatic rings. The van der Waals surface area contributed by atoms with E-state index in [2.05, 4.69) is 26.0 Å². The predicted molar refractivity (Wildman–Crippen MR) is 76.3 cm³/mol. The molecule has 2 fully saturated rings. The van der Waals surface area contributed by atoms with Crippen LogP contribution in [-0.2, 0) is 14.2 Å². The number of epoxide rings is 1. The van der Waals surface area contributed by atoms with E-state index >= 15 is 0 Å². The number of allylic oxidation sites excluding steroid dienone is 1. The Balaban J connectivity index is 1.82. The Morgan fingerprint density at radius 2 is 2.11 bits per heavy atom. The zero-order valence-electron chi connectivity index (χ0n) is 12.6. The molecule has 2 saturated heterocycles. The molecule has 1 spiro atoms. The molecule has 0 unspecified atom stereocenters. The highest BCUT2D eigenvalue weighted by atomic mass is 16.7. The van der Waals surface area contributed by atoms with Crippen molar-refractivity contribution in [1.29, 1.82) is 0 Å². The maximum atomic E-state index is 5.94. The summed E-state index contributed by atoms with van der Waals surface area (Å²) < 4.78 is 17.3. The molecule has 0 aromatic rings. The van der Waals surface area contributed by atoms with Crippen molar-refractivity contribution >= 4 is 0 Å². The SMILES string of the molecule is CCCCCC/C=C/[C@@H]1OC[C@H](C)[C@H](OC)[C@@]12CO2. The van der Waals surface area contributed by atoms with Crippen molar-refractivity contribution < 1.29 is 14.2 Å². The molecule has 3 heteroatoms. The highest BCUT2D eigenvalue weighted by Gasteiger charge is 2.61. The van der Waals surface area contributed by atoms with Crippen molar-refractivity contribution in [1.82, 2.24) is 0 Å². The third kappa shape index (κ3) is 3.39. The minimum absolute atomic E-state index is 0.0693. The summed E-state index contributed by atoms with van der Waals surface area (Å²) in [4.78, 5) is 0. The van der Waals surface area contributed by atoms with Crippen LogP contribution in [0, 0.1) is 5.92 Å². The van der Waals surface area contributed by atoms with Crippen LogP contribution in [0.3, 0.4) is 0 Å². The number of unbranched alkanes of at least 4 members (excludes halogenated alkanes) is 4. The Morgan fingerprint density at radius 1 is 1.32 bits per heavy atom. The second-order valence-corrected chi connectivity index (χ2v) is 5.91. The Kier molecular flexibility index (Phi) is 5.43. The molecule has 0 amide bonds. The number of hydrogen-bond acceptors (Lipinski definition) is 3. The Labute approximate surface area is 117 Å². The van der Waals surface area contributed by atoms with Crippen molar-refractivity contribution in [3.8, 4) is 0 Å². The van der Waals surface area contributed by atoms with Gasteiger partial charge in [0.15, 0.2) is 0 Å². The quantitative estimate of drug-likeness (QED) is 0.403. The molecule has 0 aliphatic carbocycles. The lowest BCUT2D eigenvalue weighted by atomic mass is 9.85. The van der Waals surface area contributed by atoms with Gasteiger partial charge in [0.25, 0.3) is 0 Å². The maximum absolute atomic E-state index is 5.94. The van der Waals surface area contributed by atoms with Gasteiger partial charge < -0.3 is 14.2 Å². The minimum Gasteiger partial charge on any atom is -0.378 e. The fourth-order valence-corrected chi connectivity index (χ4v) is 3.10. The van der Waals surface area contributed by atoms with Crippen LogP contribution in [-0.4, -0.2) is 38.1 Å². The molecule has 0 radical (unpaired) electrons. The first-order valence-corrected chi connectivity index (χ1v) is 7.69. The van der Waals surface area contributed by atoms with E-state index in [1.807, 2.05) is 0 Å². The van der Waals surface area contributed by atoms with Crippen LogP contribution in [0.15, 0.2) is 12.2 Å². The monoisotopic (exact) mass is 268 g/mol. The molecule has 0 saturated carbocycles. The molecular formula is C16H28O3. The van der Waals surface area contributed by atoms with Gasteiger partial charge in [0, 0.05) is 13.0 Å². The fraction of sp³-hybridized carbons (Fsp3) is 0.875. The average Bonchev–Trinajstić information content (AvgIpc) is 3.18. The smallest absolute Gasteiger partial charge is 0.147 e. The molecule has 2 rings (SSSR count). The molecular weight excluding hydrogens is 240 g/mol. The highest BCUT2D eigenvalue weighted by molar-refractivity contribution is 5.15. The summed E-state index contributed by atoms with van der Waals surface area (Å²) in [5.74, 6) is 0.404. The second kappa shape index (κ2) is 6.87. The van der Waals surface area contributed by atoms with Gasteiger partial charge in [-0.1, -0.05) is 45.3 Å². The first-order valence-electron chi connectivity index (χ1n) is 7.69. The lowest BCUT2D eigenvalue weighted by molar-refractivity contribution is -0.131. The van der Waals surface area contributed by atoms with Gasteiger partial charge in [0.1, 0.15) is 11.7 Å². The van der Waals surface area contributed by atoms with Gasteiger partial charge in [-0.25, -0.2) is 0 Å². The molecule has 0 N–H and O–H groups in total. The largest absolute Gasteiger partial charge is 0.378 e. The maximum Gasteiger partial charge on any atom is 0.147 e. The summed E-state index contributed by atoms with van der Waals surface area (Å²) in [6.07, 6.45) is 11.0. The van der Waals surface area contributed by atoms with Crippen LogP contribution in [0.4, 0.5) is 0 Å². The average molecular weight is 268 g/mol. The first-order chi connectivity index (χ1) is 9.24. The van der Waals surface area contributed by atoms with E-state index in [0.717, 1.165) is 19.6 Å². The van der Waals surface area contributed by atoms with Crippen molar-refractivity contribution in [3.05, 3.63) is 12.2 Å². The van der Waals surface area contributed by atoms with Crippen molar-refractivity contribution in [2.24, 2.45) is 5.92 Å². The van der Waals surface area contributed by atoms with Gasteiger partial charge >= 0.3 is 0 Å². The van der Waals surface area contributed by atoms with Crippen LogP contribution < -0.4 is 0 Å². The molecule has 2 aliphatic heterocycles. The van der Waals surface area contributed by atoms with Gasteiger partial charge in [-0.15, -0.1) is 0 Å². The predicted octanol–water partition coefficient (Wildman–Crippen LogP) is 3.33. The van der Waals surface area contributed by atoms with Gasteiger partial charge in [-0.05, 0) is 12.8 Å². The summed E-state index contributed by atoms with van der Waals surface area (Å²) in [6.45, 7) is 5.93. The number of ether oxygens (including phenoxy) is 3. The fourth-order valence-electron chi connectivity index (χ4n) is 3.10. The number of methoxy groups -OCH3 is 1. The zero-order chi connectivity index (χ0) is 13.7. The third-order valence-corrected chi connectivity index (χ3v) is 4.29. The van der Waals surface area contributed by atoms with Crippen LogP contribution in [0.1, 0.15) is 46.0 Å². The van der Waals surface area contributed by atoms with Crippen molar-refractivity contribution in [2.75, 3.05) is 20.3 Å². The molecule has 3 nitrogen and oxygen atoms in total. The first kappa shape index (κ1) is 15.0. The van der Waals surface area contributed by atoms with Crippen LogP contribution in [0.5, 0.6) is 0 Å². The van der Waals surface area contributed by atoms with Gasteiger partial charge in [0.2, 0.25) is 0 Å². The van der Waals surface area contributed by atoms with Gasteiger partial charge in [-0.3, -0.25) is 0 Å².